The molecule has 0 atom stereocenters. The standard InChI is InChI=1S/C21H15ClFN3O4/c1-29-13-5-6-14-15(8-20(27)30-19(14)7-13)21(28)25-12-9-24-26(10-12)11-16-17(22)3-2-4-18(16)23/h2-10H,11H2,1H3,(H,25,28). The molecule has 0 unspecified atom stereocenters. The molecule has 1 N–H and O–H groups in total. The van der Waals surface area contributed by atoms with Gasteiger partial charge in [-0.15, -0.1) is 0 Å². The van der Waals surface area contributed by atoms with Crippen molar-refractivity contribution in [3.05, 3.63) is 87.2 Å². The Balaban J connectivity index is 1.59. The maximum Gasteiger partial charge on any atom is 0.337 e. The lowest BCUT2D eigenvalue weighted by Gasteiger charge is -2.07. The van der Waals surface area contributed by atoms with Crippen molar-refractivity contribution in [2.24, 2.45) is 0 Å². The summed E-state index contributed by atoms with van der Waals surface area (Å²) in [7, 11) is 1.49. The molecule has 0 bridgehead atoms. The van der Waals surface area contributed by atoms with Crippen LogP contribution in [-0.4, -0.2) is 22.8 Å². The van der Waals surface area contributed by atoms with Gasteiger partial charge in [0.15, 0.2) is 0 Å². The fourth-order valence-corrected chi connectivity index (χ4v) is 3.24. The Hall–Kier alpha value is -3.65. The fourth-order valence-electron chi connectivity index (χ4n) is 3.02. The molecular formula is C21H15ClFN3O4. The molecular weight excluding hydrogens is 413 g/mol. The van der Waals surface area contributed by atoms with Crippen molar-refractivity contribution in [1.82, 2.24) is 9.78 Å². The third-order valence-electron chi connectivity index (χ3n) is 4.47. The molecule has 0 aliphatic rings. The minimum absolute atomic E-state index is 0.0963. The summed E-state index contributed by atoms with van der Waals surface area (Å²) >= 11 is 6.04. The third-order valence-corrected chi connectivity index (χ3v) is 4.82. The number of benzene rings is 2. The van der Waals surface area contributed by atoms with Crippen LogP contribution in [-0.2, 0) is 6.54 Å². The van der Waals surface area contributed by atoms with Crippen LogP contribution in [0.3, 0.4) is 0 Å². The SMILES string of the molecule is COc1ccc2c(C(=O)Nc3cnn(Cc4c(F)cccc4Cl)c3)cc(=O)oc2c1. The lowest BCUT2D eigenvalue weighted by molar-refractivity contribution is 0.102. The van der Waals surface area contributed by atoms with Gasteiger partial charge in [0.25, 0.3) is 5.91 Å². The Morgan fingerprint density at radius 1 is 1.30 bits per heavy atom. The number of nitrogens with zero attached hydrogens (tertiary/aromatic N) is 2. The third kappa shape index (κ3) is 3.90. The monoisotopic (exact) mass is 427 g/mol. The van der Waals surface area contributed by atoms with Gasteiger partial charge in [-0.2, -0.15) is 5.10 Å². The molecule has 2 heterocycles. The summed E-state index contributed by atoms with van der Waals surface area (Å²) in [4.78, 5) is 24.6. The van der Waals surface area contributed by atoms with Crippen molar-refractivity contribution < 1.29 is 18.3 Å². The van der Waals surface area contributed by atoms with E-state index in [1.54, 1.807) is 18.2 Å². The molecule has 7 nitrogen and oxygen atoms in total. The van der Waals surface area contributed by atoms with E-state index in [9.17, 15) is 14.0 Å². The van der Waals surface area contributed by atoms with E-state index < -0.39 is 17.3 Å². The van der Waals surface area contributed by atoms with Gasteiger partial charge in [0.05, 0.1) is 31.1 Å². The van der Waals surface area contributed by atoms with Gasteiger partial charge in [0.2, 0.25) is 0 Å². The number of carbonyl (C=O) groups is 1. The molecule has 9 heteroatoms. The molecule has 152 valence electrons. The number of methoxy groups -OCH3 is 1. The van der Waals surface area contributed by atoms with E-state index in [2.05, 4.69) is 10.4 Å². The molecule has 0 saturated heterocycles. The van der Waals surface area contributed by atoms with Crippen LogP contribution in [0.1, 0.15) is 15.9 Å². The van der Waals surface area contributed by atoms with Crippen LogP contribution < -0.4 is 15.7 Å². The molecule has 0 aliphatic heterocycles. The maximum atomic E-state index is 14.0. The normalized spacial score (nSPS) is 10.9. The Bertz CT molecular complexity index is 1300. The number of aromatic nitrogens is 2. The topological polar surface area (TPSA) is 86.4 Å². The lowest BCUT2D eigenvalue weighted by Crippen LogP contribution is -2.15. The van der Waals surface area contributed by atoms with E-state index in [4.69, 9.17) is 20.8 Å². The van der Waals surface area contributed by atoms with Crippen LogP contribution in [0.4, 0.5) is 10.1 Å². The number of fused-ring (bicyclic) bond motifs is 1. The predicted molar refractivity (Wildman–Crippen MR) is 110 cm³/mol. The van der Waals surface area contributed by atoms with E-state index in [1.165, 1.54) is 42.4 Å². The van der Waals surface area contributed by atoms with Gasteiger partial charge >= 0.3 is 5.63 Å². The Morgan fingerprint density at radius 2 is 2.13 bits per heavy atom. The van der Waals surface area contributed by atoms with Gasteiger partial charge in [-0.1, -0.05) is 17.7 Å². The molecule has 0 saturated carbocycles. The number of anilines is 1. The smallest absolute Gasteiger partial charge is 0.337 e. The van der Waals surface area contributed by atoms with Crippen LogP contribution in [0, 0.1) is 5.82 Å². The first-order valence-corrected chi connectivity index (χ1v) is 9.21. The summed E-state index contributed by atoms with van der Waals surface area (Å²) in [6.45, 7) is 0.0963. The van der Waals surface area contributed by atoms with Gasteiger partial charge in [0, 0.05) is 34.3 Å². The second-order valence-corrected chi connectivity index (χ2v) is 6.83. The number of hydrogen-bond donors (Lipinski definition) is 1. The highest BCUT2D eigenvalue weighted by atomic mass is 35.5. The van der Waals surface area contributed by atoms with Crippen molar-refractivity contribution in [2.45, 2.75) is 6.54 Å². The van der Waals surface area contributed by atoms with Crippen molar-refractivity contribution in [1.29, 1.82) is 0 Å². The van der Waals surface area contributed by atoms with Crippen LogP contribution >= 0.6 is 11.6 Å². The molecule has 4 rings (SSSR count). The van der Waals surface area contributed by atoms with Crippen molar-refractivity contribution in [3.63, 3.8) is 0 Å². The summed E-state index contributed by atoms with van der Waals surface area (Å²) in [5.41, 5.74) is 0.389. The first-order valence-electron chi connectivity index (χ1n) is 8.83. The highest BCUT2D eigenvalue weighted by Gasteiger charge is 2.15. The number of ether oxygens (including phenoxy) is 1. The number of carbonyl (C=O) groups excluding carboxylic acids is 1. The van der Waals surface area contributed by atoms with Gasteiger partial charge in [-0.3, -0.25) is 9.48 Å². The fraction of sp³-hybridized carbons (Fsp3) is 0.0952. The van der Waals surface area contributed by atoms with Gasteiger partial charge in [0.1, 0.15) is 17.1 Å². The molecule has 0 aliphatic carbocycles. The lowest BCUT2D eigenvalue weighted by atomic mass is 10.1. The average Bonchev–Trinajstić information content (AvgIpc) is 3.16. The van der Waals surface area contributed by atoms with Gasteiger partial charge in [-0.25, -0.2) is 9.18 Å². The second-order valence-electron chi connectivity index (χ2n) is 6.42. The van der Waals surface area contributed by atoms with E-state index in [0.29, 0.717) is 22.4 Å². The number of halogens is 2. The summed E-state index contributed by atoms with van der Waals surface area (Å²) in [6.07, 6.45) is 2.96. The quantitative estimate of drug-likeness (QED) is 0.485. The van der Waals surface area contributed by atoms with Crippen LogP contribution in [0.2, 0.25) is 5.02 Å². The minimum Gasteiger partial charge on any atom is -0.497 e. The predicted octanol–water partition coefficient (Wildman–Crippen LogP) is 4.09. The first-order chi connectivity index (χ1) is 14.4. The number of hydrogen-bond acceptors (Lipinski definition) is 5. The van der Waals surface area contributed by atoms with E-state index >= 15 is 0 Å². The minimum atomic E-state index is -0.661. The van der Waals surface area contributed by atoms with Crippen molar-refractivity contribution in [3.8, 4) is 5.75 Å². The molecule has 0 fully saturated rings. The molecule has 1 amide bonds. The largest absolute Gasteiger partial charge is 0.497 e. The number of rotatable bonds is 5. The summed E-state index contributed by atoms with van der Waals surface area (Å²) in [5.74, 6) is -0.459. The zero-order valence-electron chi connectivity index (χ0n) is 15.7. The zero-order valence-corrected chi connectivity index (χ0v) is 16.4. The van der Waals surface area contributed by atoms with E-state index in [-0.39, 0.29) is 22.7 Å². The molecule has 2 aromatic carbocycles. The number of amides is 1. The van der Waals surface area contributed by atoms with Crippen LogP contribution in [0.25, 0.3) is 11.0 Å². The van der Waals surface area contributed by atoms with Crippen LogP contribution in [0.5, 0.6) is 5.75 Å². The summed E-state index contributed by atoms with van der Waals surface area (Å²) < 4.78 is 25.7. The molecule has 0 radical (unpaired) electrons. The molecule has 4 aromatic rings. The molecule has 2 aromatic heterocycles. The molecule has 30 heavy (non-hydrogen) atoms. The molecule has 0 spiro atoms. The van der Waals surface area contributed by atoms with E-state index in [0.717, 1.165) is 6.07 Å². The van der Waals surface area contributed by atoms with E-state index in [1.807, 2.05) is 0 Å². The Labute approximate surface area is 174 Å². The van der Waals surface area contributed by atoms with Crippen molar-refractivity contribution >= 4 is 34.2 Å². The van der Waals surface area contributed by atoms with Gasteiger partial charge in [-0.05, 0) is 24.3 Å². The number of nitrogens with one attached hydrogen (secondary N) is 1. The Kier molecular flexibility index (Phi) is 5.24. The summed E-state index contributed by atoms with van der Waals surface area (Å²) in [5, 5.41) is 7.55. The highest BCUT2D eigenvalue weighted by Crippen LogP contribution is 2.24. The average molecular weight is 428 g/mol. The zero-order chi connectivity index (χ0) is 21.3. The van der Waals surface area contributed by atoms with Gasteiger partial charge < -0.3 is 14.5 Å². The van der Waals surface area contributed by atoms with Crippen LogP contribution in [0.15, 0.2) is 64.1 Å². The first kappa shape index (κ1) is 19.7. The maximum absolute atomic E-state index is 14.0. The van der Waals surface area contributed by atoms with Crippen molar-refractivity contribution in [2.75, 3.05) is 12.4 Å². The highest BCUT2D eigenvalue weighted by molar-refractivity contribution is 6.31. The summed E-state index contributed by atoms with van der Waals surface area (Å²) in [6, 6.07) is 10.4. The Morgan fingerprint density at radius 3 is 2.90 bits per heavy atom. The second kappa shape index (κ2) is 8.00.